The number of benzene rings is 2. The van der Waals surface area contributed by atoms with E-state index >= 15 is 0 Å². The van der Waals surface area contributed by atoms with Crippen LogP contribution in [0.4, 0.5) is 5.69 Å². The Hall–Kier alpha value is -1.32. The van der Waals surface area contributed by atoms with Gasteiger partial charge in [-0.1, -0.05) is 52.3 Å². The lowest BCUT2D eigenvalue weighted by Gasteiger charge is -2.35. The molecular formula is C16H17BrN2. The molecule has 0 bridgehead atoms. The van der Waals surface area contributed by atoms with E-state index in [2.05, 4.69) is 63.3 Å². The molecule has 2 nitrogen and oxygen atoms in total. The van der Waals surface area contributed by atoms with Crippen molar-refractivity contribution in [1.29, 1.82) is 0 Å². The molecule has 0 aromatic heterocycles. The Balaban J connectivity index is 1.91. The monoisotopic (exact) mass is 316 g/mol. The van der Waals surface area contributed by atoms with Gasteiger partial charge in [-0.25, -0.2) is 0 Å². The molecule has 0 fully saturated rings. The second kappa shape index (κ2) is 5.35. The number of para-hydroxylation sites is 1. The van der Waals surface area contributed by atoms with E-state index in [1.165, 1.54) is 16.8 Å². The summed E-state index contributed by atoms with van der Waals surface area (Å²) in [4.78, 5) is 2.38. The van der Waals surface area contributed by atoms with Crippen LogP contribution in [0.15, 0.2) is 53.0 Å². The predicted molar refractivity (Wildman–Crippen MR) is 83.3 cm³/mol. The van der Waals surface area contributed by atoms with Crippen LogP contribution in [0.5, 0.6) is 0 Å². The molecule has 3 rings (SSSR count). The molecule has 0 aliphatic carbocycles. The molecule has 0 amide bonds. The SMILES string of the molecule is NC1Cc2ccccc2N(Cc2ccccc2Br)C1. The van der Waals surface area contributed by atoms with Crippen LogP contribution >= 0.6 is 15.9 Å². The van der Waals surface area contributed by atoms with Gasteiger partial charge in [0.15, 0.2) is 0 Å². The zero-order valence-corrected chi connectivity index (χ0v) is 12.3. The molecule has 98 valence electrons. The van der Waals surface area contributed by atoms with E-state index in [0.29, 0.717) is 0 Å². The lowest BCUT2D eigenvalue weighted by molar-refractivity contribution is 0.598. The van der Waals surface area contributed by atoms with Crippen LogP contribution in [-0.4, -0.2) is 12.6 Å². The number of rotatable bonds is 2. The molecule has 2 aromatic rings. The van der Waals surface area contributed by atoms with Gasteiger partial charge in [0.05, 0.1) is 0 Å². The van der Waals surface area contributed by atoms with Crippen LogP contribution in [0.25, 0.3) is 0 Å². The summed E-state index contributed by atoms with van der Waals surface area (Å²) in [7, 11) is 0. The highest BCUT2D eigenvalue weighted by atomic mass is 79.9. The Kier molecular flexibility index (Phi) is 3.58. The van der Waals surface area contributed by atoms with Gasteiger partial charge in [0.1, 0.15) is 0 Å². The van der Waals surface area contributed by atoms with Crippen molar-refractivity contribution in [3.63, 3.8) is 0 Å². The summed E-state index contributed by atoms with van der Waals surface area (Å²) in [6.45, 7) is 1.81. The van der Waals surface area contributed by atoms with Crippen LogP contribution in [0.2, 0.25) is 0 Å². The van der Waals surface area contributed by atoms with Gasteiger partial charge in [0, 0.05) is 29.3 Å². The first-order valence-corrected chi connectivity index (χ1v) is 7.35. The lowest BCUT2D eigenvalue weighted by Crippen LogP contribution is -2.42. The minimum absolute atomic E-state index is 0.220. The van der Waals surface area contributed by atoms with Crippen LogP contribution in [-0.2, 0) is 13.0 Å². The Morgan fingerprint density at radius 2 is 1.84 bits per heavy atom. The maximum atomic E-state index is 6.18. The second-order valence-electron chi connectivity index (χ2n) is 5.06. The molecule has 0 spiro atoms. The first-order valence-electron chi connectivity index (χ1n) is 6.56. The second-order valence-corrected chi connectivity index (χ2v) is 5.92. The molecule has 2 N–H and O–H groups in total. The van der Waals surface area contributed by atoms with Crippen molar-refractivity contribution in [2.24, 2.45) is 5.73 Å². The normalized spacial score (nSPS) is 18.2. The smallest absolute Gasteiger partial charge is 0.0441 e. The molecule has 1 aliphatic rings. The fourth-order valence-corrected chi connectivity index (χ4v) is 3.11. The van der Waals surface area contributed by atoms with Gasteiger partial charge in [0.25, 0.3) is 0 Å². The molecule has 0 saturated carbocycles. The minimum Gasteiger partial charge on any atom is -0.365 e. The number of anilines is 1. The van der Waals surface area contributed by atoms with E-state index in [1.807, 2.05) is 6.07 Å². The summed E-state index contributed by atoms with van der Waals surface area (Å²) in [5.74, 6) is 0. The highest BCUT2D eigenvalue weighted by Gasteiger charge is 2.21. The average Bonchev–Trinajstić information content (AvgIpc) is 2.41. The van der Waals surface area contributed by atoms with E-state index in [4.69, 9.17) is 5.73 Å². The van der Waals surface area contributed by atoms with Crippen molar-refractivity contribution in [3.05, 3.63) is 64.1 Å². The molecule has 0 radical (unpaired) electrons. The standard InChI is InChI=1S/C16H17BrN2/c17-15-7-3-1-6-13(15)10-19-11-14(18)9-12-5-2-4-8-16(12)19/h1-8,14H,9-11,18H2. The van der Waals surface area contributed by atoms with Crippen molar-refractivity contribution in [2.75, 3.05) is 11.4 Å². The third-order valence-electron chi connectivity index (χ3n) is 3.59. The van der Waals surface area contributed by atoms with Gasteiger partial charge in [-0.2, -0.15) is 0 Å². The van der Waals surface area contributed by atoms with Crippen LogP contribution in [0.1, 0.15) is 11.1 Å². The summed E-state index contributed by atoms with van der Waals surface area (Å²) >= 11 is 3.62. The van der Waals surface area contributed by atoms with Crippen molar-refractivity contribution in [3.8, 4) is 0 Å². The first-order chi connectivity index (χ1) is 9.24. The molecule has 3 heteroatoms. The zero-order chi connectivity index (χ0) is 13.2. The Labute approximate surface area is 122 Å². The Morgan fingerprint density at radius 1 is 1.11 bits per heavy atom. The number of hydrogen-bond acceptors (Lipinski definition) is 2. The van der Waals surface area contributed by atoms with Crippen LogP contribution in [0.3, 0.4) is 0 Å². The molecule has 1 atom stereocenters. The van der Waals surface area contributed by atoms with Crippen molar-refractivity contribution in [1.82, 2.24) is 0 Å². The molecular weight excluding hydrogens is 300 g/mol. The zero-order valence-electron chi connectivity index (χ0n) is 10.7. The Bertz CT molecular complexity index is 582. The van der Waals surface area contributed by atoms with E-state index in [1.54, 1.807) is 0 Å². The highest BCUT2D eigenvalue weighted by molar-refractivity contribution is 9.10. The average molecular weight is 317 g/mol. The molecule has 19 heavy (non-hydrogen) atoms. The molecule has 1 unspecified atom stereocenters. The number of fused-ring (bicyclic) bond motifs is 1. The topological polar surface area (TPSA) is 29.3 Å². The van der Waals surface area contributed by atoms with Gasteiger partial charge in [-0.15, -0.1) is 0 Å². The fraction of sp³-hybridized carbons (Fsp3) is 0.250. The van der Waals surface area contributed by atoms with Crippen molar-refractivity contribution in [2.45, 2.75) is 19.0 Å². The summed E-state index contributed by atoms with van der Waals surface area (Å²) in [5, 5.41) is 0. The van der Waals surface area contributed by atoms with Gasteiger partial charge in [0.2, 0.25) is 0 Å². The number of halogens is 1. The Morgan fingerprint density at radius 3 is 2.68 bits per heavy atom. The fourth-order valence-electron chi connectivity index (χ4n) is 2.70. The van der Waals surface area contributed by atoms with E-state index in [0.717, 1.165) is 24.0 Å². The maximum Gasteiger partial charge on any atom is 0.0441 e. The summed E-state index contributed by atoms with van der Waals surface area (Å²) in [6.07, 6.45) is 0.975. The minimum atomic E-state index is 0.220. The highest BCUT2D eigenvalue weighted by Crippen LogP contribution is 2.29. The lowest BCUT2D eigenvalue weighted by atomic mass is 9.98. The molecule has 0 saturated heterocycles. The number of hydrogen-bond donors (Lipinski definition) is 1. The van der Waals surface area contributed by atoms with Gasteiger partial charge < -0.3 is 10.6 Å². The van der Waals surface area contributed by atoms with Gasteiger partial charge >= 0.3 is 0 Å². The van der Waals surface area contributed by atoms with Crippen LogP contribution in [0, 0.1) is 0 Å². The summed E-state index contributed by atoms with van der Waals surface area (Å²) < 4.78 is 1.16. The van der Waals surface area contributed by atoms with E-state index in [-0.39, 0.29) is 6.04 Å². The first kappa shape index (κ1) is 12.7. The largest absolute Gasteiger partial charge is 0.365 e. The number of nitrogens with zero attached hydrogens (tertiary/aromatic N) is 1. The van der Waals surface area contributed by atoms with Crippen LogP contribution < -0.4 is 10.6 Å². The summed E-state index contributed by atoms with van der Waals surface area (Å²) in [5.41, 5.74) is 10.2. The number of nitrogens with two attached hydrogens (primary N) is 1. The quantitative estimate of drug-likeness (QED) is 0.920. The molecule has 1 heterocycles. The molecule has 2 aromatic carbocycles. The third-order valence-corrected chi connectivity index (χ3v) is 4.36. The van der Waals surface area contributed by atoms with Gasteiger partial charge in [-0.05, 0) is 29.7 Å². The van der Waals surface area contributed by atoms with E-state index in [9.17, 15) is 0 Å². The van der Waals surface area contributed by atoms with E-state index < -0.39 is 0 Å². The van der Waals surface area contributed by atoms with Gasteiger partial charge in [-0.3, -0.25) is 0 Å². The maximum absolute atomic E-state index is 6.18. The summed E-state index contributed by atoms with van der Waals surface area (Å²) in [6, 6.07) is 17.2. The van der Waals surface area contributed by atoms with Crippen molar-refractivity contribution >= 4 is 21.6 Å². The van der Waals surface area contributed by atoms with Crippen molar-refractivity contribution < 1.29 is 0 Å². The third kappa shape index (κ3) is 2.67. The predicted octanol–water partition coefficient (Wildman–Crippen LogP) is 3.34. The molecule has 1 aliphatic heterocycles.